The number of likely N-dealkylation sites (tertiary alicyclic amines) is 1. The van der Waals surface area contributed by atoms with Crippen molar-refractivity contribution in [1.82, 2.24) is 15.5 Å². The minimum absolute atomic E-state index is 0.0548. The Balaban J connectivity index is 1.41. The summed E-state index contributed by atoms with van der Waals surface area (Å²) in [6.07, 6.45) is 2.01. The molecule has 3 rings (SSSR count). The minimum Gasteiger partial charge on any atom is -0.352 e. The molecule has 1 fully saturated rings. The van der Waals surface area contributed by atoms with E-state index in [1.165, 1.54) is 24.3 Å². The summed E-state index contributed by atoms with van der Waals surface area (Å²) in [7, 11) is 0. The van der Waals surface area contributed by atoms with E-state index in [9.17, 15) is 33.3 Å². The second-order valence-corrected chi connectivity index (χ2v) is 9.99. The lowest BCUT2D eigenvalue weighted by Gasteiger charge is -2.38. The largest absolute Gasteiger partial charge is 0.352 e. The van der Waals surface area contributed by atoms with Crippen LogP contribution in [0.2, 0.25) is 0 Å². The maximum atomic E-state index is 13.6. The van der Waals surface area contributed by atoms with Crippen molar-refractivity contribution in [3.63, 3.8) is 0 Å². The van der Waals surface area contributed by atoms with E-state index < -0.39 is 22.9 Å². The molecular weight excluding hydrogens is 519 g/mol. The molecule has 1 aliphatic rings. The van der Waals surface area contributed by atoms with E-state index in [0.29, 0.717) is 67.8 Å². The van der Waals surface area contributed by atoms with Crippen LogP contribution in [0.15, 0.2) is 47.7 Å². The highest BCUT2D eigenvalue weighted by atomic mass is 19.2. The zero-order chi connectivity index (χ0) is 29.3. The highest BCUT2D eigenvalue weighted by Gasteiger charge is 2.38. The average Bonchev–Trinajstić information content (AvgIpc) is 2.95. The van der Waals surface area contributed by atoms with Gasteiger partial charge in [0.1, 0.15) is 5.82 Å². The Labute approximate surface area is 232 Å². The maximum Gasteiger partial charge on any atom is 0.248 e. The number of carbonyl (C=O) groups is 2. The summed E-state index contributed by atoms with van der Waals surface area (Å²) in [5.41, 5.74) is 1.21. The van der Waals surface area contributed by atoms with Crippen LogP contribution >= 0.6 is 0 Å². The number of hydrogen-bond donors (Lipinski definition) is 2. The van der Waals surface area contributed by atoms with E-state index in [0.717, 1.165) is 12.1 Å². The second-order valence-electron chi connectivity index (χ2n) is 9.99. The van der Waals surface area contributed by atoms with Crippen LogP contribution in [-0.2, 0) is 21.4 Å². The smallest absolute Gasteiger partial charge is 0.248 e. The van der Waals surface area contributed by atoms with Crippen molar-refractivity contribution in [3.8, 4) is 12.1 Å². The molecule has 1 saturated heterocycles. The predicted octanol–water partition coefficient (Wildman–Crippen LogP) is 4.38. The van der Waals surface area contributed by atoms with E-state index in [-0.39, 0.29) is 30.2 Å². The molecule has 40 heavy (non-hydrogen) atoms. The summed E-state index contributed by atoms with van der Waals surface area (Å²) in [6, 6.07) is 11.9. The monoisotopic (exact) mass is 551 g/mol. The third kappa shape index (κ3) is 7.71. The number of hydrogen-bond acceptors (Lipinski definition) is 5. The Bertz CT molecular complexity index is 1370. The maximum absolute atomic E-state index is 13.6. The van der Waals surface area contributed by atoms with Crippen LogP contribution in [0.3, 0.4) is 0 Å². The normalized spacial score (nSPS) is 15.4. The van der Waals surface area contributed by atoms with Gasteiger partial charge in [-0.3, -0.25) is 9.59 Å². The molecule has 0 saturated carbocycles. The SMILES string of the molecule is C/C(NC(=O)CCc1ccc(F)c(F)c1)=C(/C)C(=O)NCCCN1CCC(C#N)(c2ccc(F)cc2C#N)CC1. The highest BCUT2D eigenvalue weighted by Crippen LogP contribution is 2.37. The summed E-state index contributed by atoms with van der Waals surface area (Å²) in [4.78, 5) is 27.0. The van der Waals surface area contributed by atoms with Gasteiger partial charge in [-0.25, -0.2) is 13.2 Å². The summed E-state index contributed by atoms with van der Waals surface area (Å²) >= 11 is 0. The van der Waals surface area contributed by atoms with E-state index in [1.54, 1.807) is 13.8 Å². The topological polar surface area (TPSA) is 109 Å². The zero-order valence-electron chi connectivity index (χ0n) is 22.6. The molecule has 2 amide bonds. The summed E-state index contributed by atoms with van der Waals surface area (Å²) in [5.74, 6) is -3.05. The lowest BCUT2D eigenvalue weighted by molar-refractivity contribution is -0.120. The number of nitrogens with one attached hydrogen (secondary N) is 2. The van der Waals surface area contributed by atoms with Crippen molar-refractivity contribution in [2.45, 2.75) is 51.4 Å². The lowest BCUT2D eigenvalue weighted by Crippen LogP contribution is -2.43. The molecule has 0 atom stereocenters. The first kappa shape index (κ1) is 30.4. The third-order valence-corrected chi connectivity index (χ3v) is 7.33. The van der Waals surface area contributed by atoms with Crippen molar-refractivity contribution >= 4 is 11.8 Å². The van der Waals surface area contributed by atoms with Crippen LogP contribution in [0.25, 0.3) is 0 Å². The first-order valence-electron chi connectivity index (χ1n) is 13.1. The number of piperidine rings is 1. The van der Waals surface area contributed by atoms with Crippen LogP contribution in [0.5, 0.6) is 0 Å². The molecule has 0 radical (unpaired) electrons. The number of nitrogens with zero attached hydrogens (tertiary/aromatic N) is 3. The number of amides is 2. The van der Waals surface area contributed by atoms with Crippen molar-refractivity contribution in [2.75, 3.05) is 26.2 Å². The molecule has 0 unspecified atom stereocenters. The number of aryl methyl sites for hydroxylation is 1. The van der Waals surface area contributed by atoms with Gasteiger partial charge in [-0.1, -0.05) is 12.1 Å². The van der Waals surface area contributed by atoms with Crippen LogP contribution in [0, 0.1) is 40.1 Å². The molecule has 0 aromatic heterocycles. The molecule has 10 heteroatoms. The van der Waals surface area contributed by atoms with Gasteiger partial charge in [0, 0.05) is 24.2 Å². The fourth-order valence-electron chi connectivity index (χ4n) is 4.75. The molecule has 0 aliphatic carbocycles. The fourth-order valence-corrected chi connectivity index (χ4v) is 4.75. The molecule has 1 aliphatic heterocycles. The first-order chi connectivity index (χ1) is 19.1. The molecule has 2 aromatic rings. The number of halogens is 3. The standard InChI is InChI=1S/C30H32F3N5O2/c1-20(21(2)37-28(39)9-5-22-4-8-26(32)27(33)16-22)29(40)36-12-3-13-38-14-10-30(19-35,11-15-38)25-7-6-24(31)17-23(25)18-34/h4,6-8,16-17H,3,5,9-15H2,1-2H3,(H,36,40)(H,37,39)/b21-20+. The molecule has 210 valence electrons. The zero-order valence-corrected chi connectivity index (χ0v) is 22.6. The van der Waals surface area contributed by atoms with Gasteiger partial charge < -0.3 is 15.5 Å². The van der Waals surface area contributed by atoms with Crippen LogP contribution in [0.4, 0.5) is 13.2 Å². The number of nitriles is 2. The lowest BCUT2D eigenvalue weighted by atomic mass is 9.72. The van der Waals surface area contributed by atoms with Gasteiger partial charge in [-0.15, -0.1) is 0 Å². The van der Waals surface area contributed by atoms with Crippen LogP contribution < -0.4 is 10.6 Å². The Morgan fingerprint density at radius 2 is 1.75 bits per heavy atom. The van der Waals surface area contributed by atoms with E-state index >= 15 is 0 Å². The molecular formula is C30H32F3N5O2. The van der Waals surface area contributed by atoms with E-state index in [4.69, 9.17) is 0 Å². The number of rotatable bonds is 10. The summed E-state index contributed by atoms with van der Waals surface area (Å²) < 4.78 is 39.9. The highest BCUT2D eigenvalue weighted by molar-refractivity contribution is 5.94. The van der Waals surface area contributed by atoms with E-state index in [2.05, 4.69) is 21.6 Å². The van der Waals surface area contributed by atoms with Crippen LogP contribution in [-0.4, -0.2) is 42.9 Å². The molecule has 7 nitrogen and oxygen atoms in total. The van der Waals surface area contributed by atoms with Gasteiger partial charge in [0.05, 0.1) is 23.1 Å². The number of carbonyl (C=O) groups excluding carboxylic acids is 2. The van der Waals surface area contributed by atoms with Gasteiger partial charge in [-0.2, -0.15) is 10.5 Å². The minimum atomic E-state index is -0.962. The van der Waals surface area contributed by atoms with E-state index in [1.807, 2.05) is 6.07 Å². The van der Waals surface area contributed by atoms with Crippen molar-refractivity contribution < 1.29 is 22.8 Å². The third-order valence-electron chi connectivity index (χ3n) is 7.33. The summed E-state index contributed by atoms with van der Waals surface area (Å²) in [6.45, 7) is 5.63. The Hall–Kier alpha value is -4.15. The molecule has 2 N–H and O–H groups in total. The van der Waals surface area contributed by atoms with Crippen molar-refractivity contribution in [3.05, 3.63) is 81.8 Å². The molecule has 0 bridgehead atoms. The van der Waals surface area contributed by atoms with Gasteiger partial charge in [0.25, 0.3) is 0 Å². The molecule has 2 aromatic carbocycles. The average molecular weight is 552 g/mol. The molecule has 1 heterocycles. The Kier molecular flexibility index (Phi) is 10.5. The number of allylic oxidation sites excluding steroid dienone is 1. The van der Waals surface area contributed by atoms with Gasteiger partial charge >= 0.3 is 0 Å². The number of benzene rings is 2. The van der Waals surface area contributed by atoms with Crippen LogP contribution in [0.1, 0.15) is 56.2 Å². The van der Waals surface area contributed by atoms with Gasteiger partial charge in [0.15, 0.2) is 11.6 Å². The Morgan fingerprint density at radius 3 is 2.40 bits per heavy atom. The Morgan fingerprint density at radius 1 is 1.02 bits per heavy atom. The predicted molar refractivity (Wildman–Crippen MR) is 143 cm³/mol. The van der Waals surface area contributed by atoms with Crippen molar-refractivity contribution in [1.29, 1.82) is 10.5 Å². The van der Waals surface area contributed by atoms with Gasteiger partial charge in [0.2, 0.25) is 11.8 Å². The first-order valence-corrected chi connectivity index (χ1v) is 13.1. The quantitative estimate of drug-likeness (QED) is 0.337. The second kappa shape index (κ2) is 13.8. The fraction of sp³-hybridized carbons (Fsp3) is 0.400. The van der Waals surface area contributed by atoms with Gasteiger partial charge in [-0.05, 0) is 94.6 Å². The summed E-state index contributed by atoms with van der Waals surface area (Å²) in [5, 5.41) is 24.8. The molecule has 0 spiro atoms. The van der Waals surface area contributed by atoms with Crippen molar-refractivity contribution in [2.24, 2.45) is 0 Å².